The molecule has 6 heteroatoms. The van der Waals surface area contributed by atoms with E-state index in [-0.39, 0.29) is 41.1 Å². The van der Waals surface area contributed by atoms with Crippen LogP contribution in [0.3, 0.4) is 0 Å². The second-order valence-electron chi connectivity index (χ2n) is 10.1. The highest BCUT2D eigenvalue weighted by atomic mass is 32.2. The first-order valence-corrected chi connectivity index (χ1v) is 17.7. The summed E-state index contributed by atoms with van der Waals surface area (Å²) in [5.74, 6) is -2.45. The van der Waals surface area contributed by atoms with Gasteiger partial charge < -0.3 is 19.8 Å². The number of benzene rings is 6. The van der Waals surface area contributed by atoms with Crippen molar-refractivity contribution in [1.82, 2.24) is 0 Å². The molecule has 0 saturated heterocycles. The quantitative estimate of drug-likeness (QED) is 0.146. The van der Waals surface area contributed by atoms with Gasteiger partial charge in [-0.25, -0.2) is 0 Å². The Morgan fingerprint density at radius 3 is 0.660 bits per heavy atom. The van der Waals surface area contributed by atoms with E-state index in [1.165, 1.54) is 29.4 Å². The average Bonchev–Trinajstić information content (AvgIpc) is 3.12. The maximum atomic E-state index is 9.66. The largest absolute Gasteiger partial charge is 0.550 e. The summed E-state index contributed by atoms with van der Waals surface area (Å²) in [6.45, 7) is 0. The van der Waals surface area contributed by atoms with Crippen LogP contribution in [0.2, 0.25) is 0 Å². The highest BCUT2D eigenvalue weighted by molar-refractivity contribution is 7.97. The third-order valence-electron chi connectivity index (χ3n) is 6.64. The van der Waals surface area contributed by atoms with Gasteiger partial charge in [0.25, 0.3) is 0 Å². The number of carboxylic acids is 2. The van der Waals surface area contributed by atoms with Crippen molar-refractivity contribution in [3.63, 3.8) is 0 Å². The molecular weight excluding hydrogens is 621 g/mol. The Morgan fingerprint density at radius 2 is 0.511 bits per heavy atom. The molecular formula is C41H36O4S2. The molecule has 0 heterocycles. The molecule has 0 atom stereocenters. The van der Waals surface area contributed by atoms with Crippen molar-refractivity contribution in [2.24, 2.45) is 0 Å². The van der Waals surface area contributed by atoms with Gasteiger partial charge in [0.2, 0.25) is 0 Å². The Morgan fingerprint density at radius 1 is 0.340 bits per heavy atom. The molecule has 0 amide bonds. The Hall–Kier alpha value is -5.04. The van der Waals surface area contributed by atoms with E-state index in [4.69, 9.17) is 0 Å². The predicted octanol–water partition coefficient (Wildman–Crippen LogP) is 7.22. The van der Waals surface area contributed by atoms with Crippen molar-refractivity contribution in [3.05, 3.63) is 182 Å². The van der Waals surface area contributed by atoms with Gasteiger partial charge in [-0.1, -0.05) is 109 Å². The summed E-state index contributed by atoms with van der Waals surface area (Å²) in [5.41, 5.74) is 0. The molecule has 4 nitrogen and oxygen atoms in total. The summed E-state index contributed by atoms with van der Waals surface area (Å²) in [6, 6.07) is 64.3. The molecule has 6 aromatic rings. The number of aliphatic carboxylic acids is 2. The Bertz CT molecular complexity index is 1420. The second kappa shape index (κ2) is 19.5. The standard InChI is InChI=1S/2C18H15S.C5H8O4/c2*1-4-10-16(11-5-1)19(17-12-6-2-7-13-17)18-14-8-3-9-15-18;6-4(7)2-1-3-5(8)9/h2*1-15H;1-3H2,(H,6,7)(H,8,9)/q2*+1;/p-2. The smallest absolute Gasteiger partial charge is 0.166 e. The maximum Gasteiger partial charge on any atom is 0.166 e. The fourth-order valence-electron chi connectivity index (χ4n) is 4.53. The molecule has 0 radical (unpaired) electrons. The van der Waals surface area contributed by atoms with Crippen LogP contribution in [0.1, 0.15) is 19.3 Å². The molecule has 0 bridgehead atoms. The van der Waals surface area contributed by atoms with E-state index in [2.05, 4.69) is 182 Å². The summed E-state index contributed by atoms with van der Waals surface area (Å²) >= 11 is 0. The molecule has 236 valence electrons. The number of hydrogen-bond acceptors (Lipinski definition) is 4. The Kier molecular flexibility index (Phi) is 14.4. The van der Waals surface area contributed by atoms with Gasteiger partial charge in [-0.2, -0.15) is 0 Å². The lowest BCUT2D eigenvalue weighted by Crippen LogP contribution is -2.25. The van der Waals surface area contributed by atoms with Crippen molar-refractivity contribution >= 4 is 33.7 Å². The summed E-state index contributed by atoms with van der Waals surface area (Å²) in [4.78, 5) is 27.5. The first-order chi connectivity index (χ1) is 23.0. The van der Waals surface area contributed by atoms with Gasteiger partial charge in [0.15, 0.2) is 29.4 Å². The number of carbonyl (C=O) groups excluding carboxylic acids is 2. The highest BCUT2D eigenvalue weighted by Crippen LogP contribution is 2.31. The van der Waals surface area contributed by atoms with Gasteiger partial charge in [-0.3, -0.25) is 0 Å². The highest BCUT2D eigenvalue weighted by Gasteiger charge is 2.28. The van der Waals surface area contributed by atoms with Crippen molar-refractivity contribution in [1.29, 1.82) is 0 Å². The molecule has 0 aliphatic carbocycles. The minimum absolute atomic E-state index is 0.0146. The van der Waals surface area contributed by atoms with Gasteiger partial charge in [-0.15, -0.1) is 0 Å². The third kappa shape index (κ3) is 11.7. The van der Waals surface area contributed by atoms with Gasteiger partial charge in [0.05, 0.1) is 21.8 Å². The summed E-state index contributed by atoms with van der Waals surface area (Å²) in [6.07, 6.45) is -0.341. The topological polar surface area (TPSA) is 80.3 Å². The molecule has 0 aliphatic heterocycles. The lowest BCUT2D eigenvalue weighted by atomic mass is 10.2. The molecule has 0 saturated carbocycles. The van der Waals surface area contributed by atoms with Gasteiger partial charge >= 0.3 is 0 Å². The molecule has 6 rings (SSSR count). The van der Waals surface area contributed by atoms with Gasteiger partial charge in [0.1, 0.15) is 0 Å². The van der Waals surface area contributed by atoms with Gasteiger partial charge in [0, 0.05) is 11.9 Å². The van der Waals surface area contributed by atoms with Crippen molar-refractivity contribution < 1.29 is 19.8 Å². The van der Waals surface area contributed by atoms with Crippen LogP contribution in [-0.4, -0.2) is 11.9 Å². The SMILES string of the molecule is O=C([O-])CCCC(=O)[O-].c1ccc([S+](c2ccccc2)c2ccccc2)cc1.c1ccc([S+](c2ccccc2)c2ccccc2)cc1. The molecule has 0 unspecified atom stereocenters. The fraction of sp³-hybridized carbons (Fsp3) is 0.0732. The van der Waals surface area contributed by atoms with Crippen LogP contribution in [0.4, 0.5) is 0 Å². The predicted molar refractivity (Wildman–Crippen MR) is 187 cm³/mol. The van der Waals surface area contributed by atoms with E-state index in [9.17, 15) is 19.8 Å². The molecule has 0 aliphatic rings. The maximum absolute atomic E-state index is 9.66. The van der Waals surface area contributed by atoms with E-state index in [1.54, 1.807) is 0 Å². The van der Waals surface area contributed by atoms with Gasteiger partial charge in [-0.05, 0) is 92.1 Å². The summed E-state index contributed by atoms with van der Waals surface area (Å²) < 4.78 is 0. The first-order valence-electron chi connectivity index (χ1n) is 15.2. The lowest BCUT2D eigenvalue weighted by molar-refractivity contribution is -0.307. The fourth-order valence-corrected chi connectivity index (χ4v) is 8.74. The van der Waals surface area contributed by atoms with Crippen LogP contribution < -0.4 is 10.2 Å². The minimum Gasteiger partial charge on any atom is -0.550 e. The zero-order chi connectivity index (χ0) is 33.1. The molecule has 0 N–H and O–H groups in total. The van der Waals surface area contributed by atoms with Crippen LogP contribution in [0, 0.1) is 0 Å². The minimum atomic E-state index is -1.23. The monoisotopic (exact) mass is 656 g/mol. The number of carboxylic acid groups (broad SMARTS) is 2. The van der Waals surface area contributed by atoms with Crippen LogP contribution in [-0.2, 0) is 31.4 Å². The lowest BCUT2D eigenvalue weighted by Gasteiger charge is -2.07. The van der Waals surface area contributed by atoms with E-state index in [0.717, 1.165) is 0 Å². The molecule has 0 spiro atoms. The number of carbonyl (C=O) groups is 2. The van der Waals surface area contributed by atoms with Crippen molar-refractivity contribution in [2.75, 3.05) is 0 Å². The molecule has 47 heavy (non-hydrogen) atoms. The average molecular weight is 657 g/mol. The molecule has 6 aromatic carbocycles. The van der Waals surface area contributed by atoms with E-state index in [1.807, 2.05) is 0 Å². The van der Waals surface area contributed by atoms with Crippen molar-refractivity contribution in [3.8, 4) is 0 Å². The van der Waals surface area contributed by atoms with Crippen molar-refractivity contribution in [2.45, 2.75) is 48.6 Å². The Balaban J connectivity index is 0.000000171. The van der Waals surface area contributed by atoms with E-state index >= 15 is 0 Å². The third-order valence-corrected chi connectivity index (χ3v) is 11.1. The summed E-state index contributed by atoms with van der Waals surface area (Å²) in [5, 5.41) is 19.3. The van der Waals surface area contributed by atoms with E-state index in [0.29, 0.717) is 0 Å². The first kappa shape index (κ1) is 34.8. The zero-order valence-electron chi connectivity index (χ0n) is 25.9. The second-order valence-corrected chi connectivity index (χ2v) is 14.1. The zero-order valence-corrected chi connectivity index (χ0v) is 27.5. The number of rotatable bonds is 10. The Labute approximate surface area is 283 Å². The van der Waals surface area contributed by atoms with Crippen LogP contribution >= 0.6 is 0 Å². The summed E-state index contributed by atoms with van der Waals surface area (Å²) in [7, 11) is -0.0293. The van der Waals surface area contributed by atoms with Crippen LogP contribution in [0.5, 0.6) is 0 Å². The normalized spacial score (nSPS) is 10.3. The molecule has 0 aromatic heterocycles. The molecule has 0 fully saturated rings. The van der Waals surface area contributed by atoms with E-state index < -0.39 is 11.9 Å². The van der Waals surface area contributed by atoms with Crippen LogP contribution in [0.15, 0.2) is 211 Å². The number of hydrogen-bond donors (Lipinski definition) is 0. The van der Waals surface area contributed by atoms with Crippen LogP contribution in [0.25, 0.3) is 0 Å².